The number of hydrogen-bond donors (Lipinski definition) is 0. The van der Waals surface area contributed by atoms with Gasteiger partial charge in [0.1, 0.15) is 5.54 Å². The standard InChI is InChI=1S/C12H15NO3S/c1-9-4-6-11(7-5-9)17(15,16)13-8-12(13,3)10(2)14/h4-7H,8H2,1-3H3. The van der Waals surface area contributed by atoms with Crippen molar-refractivity contribution >= 4 is 15.8 Å². The number of Topliss-reactive ketones (excluding diaryl/α,β-unsaturated/α-hetero) is 1. The van der Waals surface area contributed by atoms with Crippen molar-refractivity contribution in [3.8, 4) is 0 Å². The molecular formula is C12H15NO3S. The summed E-state index contributed by atoms with van der Waals surface area (Å²) in [6.45, 7) is 5.25. The summed E-state index contributed by atoms with van der Waals surface area (Å²) in [5.74, 6) is -0.117. The maximum atomic E-state index is 12.2. The van der Waals surface area contributed by atoms with Gasteiger partial charge in [0.05, 0.1) is 4.90 Å². The van der Waals surface area contributed by atoms with Crippen molar-refractivity contribution < 1.29 is 13.2 Å². The van der Waals surface area contributed by atoms with Crippen LogP contribution < -0.4 is 0 Å². The third-order valence-electron chi connectivity index (χ3n) is 3.27. The predicted octanol–water partition coefficient (Wildman–Crippen LogP) is 1.35. The van der Waals surface area contributed by atoms with Gasteiger partial charge in [0.15, 0.2) is 5.78 Å². The summed E-state index contributed by atoms with van der Waals surface area (Å²) in [6.07, 6.45) is 0. The zero-order valence-electron chi connectivity index (χ0n) is 10.1. The second kappa shape index (κ2) is 3.65. The van der Waals surface area contributed by atoms with Crippen LogP contribution in [0.2, 0.25) is 0 Å². The largest absolute Gasteiger partial charge is 0.298 e. The van der Waals surface area contributed by atoms with Gasteiger partial charge < -0.3 is 0 Å². The lowest BCUT2D eigenvalue weighted by atomic mass is 10.1. The first kappa shape index (κ1) is 12.3. The molecule has 1 aliphatic rings. The minimum Gasteiger partial charge on any atom is -0.298 e. The van der Waals surface area contributed by atoms with Crippen LogP contribution in [-0.2, 0) is 14.8 Å². The Labute approximate surface area is 101 Å². The van der Waals surface area contributed by atoms with E-state index in [4.69, 9.17) is 0 Å². The fourth-order valence-electron chi connectivity index (χ4n) is 1.72. The highest BCUT2D eigenvalue weighted by molar-refractivity contribution is 7.89. The summed E-state index contributed by atoms with van der Waals surface area (Å²) in [5, 5.41) is 0. The second-order valence-corrected chi connectivity index (χ2v) is 6.52. The zero-order valence-corrected chi connectivity index (χ0v) is 10.9. The summed E-state index contributed by atoms with van der Waals surface area (Å²) in [4.78, 5) is 11.6. The molecule has 0 bridgehead atoms. The third-order valence-corrected chi connectivity index (χ3v) is 5.25. The molecule has 1 aliphatic heterocycles. The third kappa shape index (κ3) is 1.89. The normalized spacial score (nSPS) is 27.8. The molecule has 1 heterocycles. The van der Waals surface area contributed by atoms with Gasteiger partial charge in [-0.25, -0.2) is 8.42 Å². The number of benzene rings is 1. The average molecular weight is 253 g/mol. The van der Waals surface area contributed by atoms with Crippen LogP contribution in [0.25, 0.3) is 0 Å². The fraction of sp³-hybridized carbons (Fsp3) is 0.417. The maximum Gasteiger partial charge on any atom is 0.244 e. The summed E-state index contributed by atoms with van der Waals surface area (Å²) in [7, 11) is -3.52. The molecule has 0 N–H and O–H groups in total. The molecule has 0 saturated carbocycles. The van der Waals surface area contributed by atoms with E-state index in [1.165, 1.54) is 11.2 Å². The topological polar surface area (TPSA) is 54.2 Å². The number of sulfonamides is 1. The monoisotopic (exact) mass is 253 g/mol. The van der Waals surface area contributed by atoms with Crippen molar-refractivity contribution in [1.29, 1.82) is 0 Å². The van der Waals surface area contributed by atoms with Gasteiger partial charge in [-0.3, -0.25) is 4.79 Å². The first-order chi connectivity index (χ1) is 7.78. The quantitative estimate of drug-likeness (QED) is 0.764. The first-order valence-corrected chi connectivity index (χ1v) is 6.83. The molecular weight excluding hydrogens is 238 g/mol. The molecule has 1 fully saturated rings. The average Bonchev–Trinajstić information content (AvgIpc) is 2.94. The number of carbonyl (C=O) groups excluding carboxylic acids is 1. The van der Waals surface area contributed by atoms with Crippen LogP contribution in [0.15, 0.2) is 29.2 Å². The lowest BCUT2D eigenvalue weighted by molar-refractivity contribution is -0.119. The summed E-state index contributed by atoms with van der Waals surface area (Å²) in [5.41, 5.74) is 0.160. The van der Waals surface area contributed by atoms with Gasteiger partial charge in [0.2, 0.25) is 10.0 Å². The summed E-state index contributed by atoms with van der Waals surface area (Å²) >= 11 is 0. The van der Waals surface area contributed by atoms with Crippen LogP contribution in [0.5, 0.6) is 0 Å². The van der Waals surface area contributed by atoms with Crippen LogP contribution in [-0.4, -0.2) is 30.6 Å². The van der Waals surface area contributed by atoms with E-state index in [1.807, 2.05) is 6.92 Å². The lowest BCUT2D eigenvalue weighted by Gasteiger charge is -2.10. The fourth-order valence-corrected chi connectivity index (χ4v) is 3.53. The van der Waals surface area contributed by atoms with E-state index in [2.05, 4.69) is 0 Å². The Morgan fingerprint density at radius 2 is 1.82 bits per heavy atom. The molecule has 5 heteroatoms. The van der Waals surface area contributed by atoms with Gasteiger partial charge in [-0.15, -0.1) is 0 Å². The van der Waals surface area contributed by atoms with Gasteiger partial charge in [0, 0.05) is 6.54 Å². The van der Waals surface area contributed by atoms with E-state index in [0.717, 1.165) is 5.56 Å². The molecule has 1 saturated heterocycles. The van der Waals surface area contributed by atoms with E-state index in [1.54, 1.807) is 31.2 Å². The molecule has 0 radical (unpaired) electrons. The zero-order chi connectivity index (χ0) is 12.8. The van der Waals surface area contributed by atoms with Gasteiger partial charge in [-0.1, -0.05) is 17.7 Å². The molecule has 4 nitrogen and oxygen atoms in total. The SMILES string of the molecule is CC(=O)C1(C)CN1S(=O)(=O)c1ccc(C)cc1. The second-order valence-electron chi connectivity index (χ2n) is 4.65. The van der Waals surface area contributed by atoms with Gasteiger partial charge in [-0.05, 0) is 32.9 Å². The van der Waals surface area contributed by atoms with Crippen molar-refractivity contribution in [2.45, 2.75) is 31.2 Å². The van der Waals surface area contributed by atoms with Crippen LogP contribution in [0.3, 0.4) is 0 Å². The Balaban J connectivity index is 2.34. The van der Waals surface area contributed by atoms with E-state index in [0.29, 0.717) is 0 Å². The Morgan fingerprint density at radius 1 is 1.29 bits per heavy atom. The number of ketones is 1. The van der Waals surface area contributed by atoms with Crippen molar-refractivity contribution in [1.82, 2.24) is 4.31 Å². The minimum atomic E-state index is -3.52. The van der Waals surface area contributed by atoms with E-state index < -0.39 is 15.6 Å². The molecule has 0 amide bonds. The van der Waals surface area contributed by atoms with Crippen LogP contribution in [0, 0.1) is 6.92 Å². The predicted molar refractivity (Wildman–Crippen MR) is 64.2 cm³/mol. The highest BCUT2D eigenvalue weighted by atomic mass is 32.2. The number of rotatable bonds is 3. The molecule has 0 aliphatic carbocycles. The molecule has 0 aromatic heterocycles. The molecule has 17 heavy (non-hydrogen) atoms. The van der Waals surface area contributed by atoms with E-state index >= 15 is 0 Å². The highest BCUT2D eigenvalue weighted by Gasteiger charge is 2.58. The minimum absolute atomic E-state index is 0.117. The molecule has 92 valence electrons. The Hall–Kier alpha value is -1.20. The first-order valence-electron chi connectivity index (χ1n) is 5.39. The van der Waals surface area contributed by atoms with E-state index in [9.17, 15) is 13.2 Å². The van der Waals surface area contributed by atoms with Gasteiger partial charge in [-0.2, -0.15) is 4.31 Å². The van der Waals surface area contributed by atoms with Crippen molar-refractivity contribution in [3.05, 3.63) is 29.8 Å². The summed E-state index contributed by atoms with van der Waals surface area (Å²) < 4.78 is 25.6. The van der Waals surface area contributed by atoms with Gasteiger partial charge >= 0.3 is 0 Å². The van der Waals surface area contributed by atoms with Crippen molar-refractivity contribution in [2.24, 2.45) is 0 Å². The van der Waals surface area contributed by atoms with Crippen LogP contribution in [0.1, 0.15) is 19.4 Å². The maximum absolute atomic E-state index is 12.2. The summed E-state index contributed by atoms with van der Waals surface area (Å²) in [6, 6.07) is 6.65. The van der Waals surface area contributed by atoms with Gasteiger partial charge in [0.25, 0.3) is 0 Å². The number of carbonyl (C=O) groups is 1. The van der Waals surface area contributed by atoms with Crippen LogP contribution in [0.4, 0.5) is 0 Å². The number of nitrogens with zero attached hydrogens (tertiary/aromatic N) is 1. The highest BCUT2D eigenvalue weighted by Crippen LogP contribution is 2.38. The molecule has 1 aromatic rings. The molecule has 0 spiro atoms. The number of hydrogen-bond acceptors (Lipinski definition) is 3. The molecule has 2 unspecified atom stereocenters. The van der Waals surface area contributed by atoms with Crippen molar-refractivity contribution in [2.75, 3.05) is 6.54 Å². The molecule has 2 rings (SSSR count). The Bertz CT molecular complexity index is 562. The molecule has 2 atom stereocenters. The smallest absolute Gasteiger partial charge is 0.244 e. The lowest BCUT2D eigenvalue weighted by Crippen LogP contribution is -2.27. The molecule has 1 aromatic carbocycles. The van der Waals surface area contributed by atoms with Crippen molar-refractivity contribution in [3.63, 3.8) is 0 Å². The Kier molecular flexibility index (Phi) is 2.63. The number of aryl methyl sites for hydroxylation is 1. The van der Waals surface area contributed by atoms with E-state index in [-0.39, 0.29) is 17.2 Å². The van der Waals surface area contributed by atoms with Crippen LogP contribution >= 0.6 is 0 Å². The Morgan fingerprint density at radius 3 is 2.24 bits per heavy atom.